The molecule has 0 unspecified atom stereocenters. The second-order valence-corrected chi connectivity index (χ2v) is 16.0. The molecular formula is C45H51N. The van der Waals surface area contributed by atoms with Crippen molar-refractivity contribution >= 4 is 0 Å². The van der Waals surface area contributed by atoms with Gasteiger partial charge in [-0.1, -0.05) is 133 Å². The van der Waals surface area contributed by atoms with Gasteiger partial charge in [0.1, 0.15) is 0 Å². The number of aromatic nitrogens is 1. The first kappa shape index (κ1) is 28.3. The van der Waals surface area contributed by atoms with E-state index in [1.165, 1.54) is 22.3 Å². The van der Waals surface area contributed by atoms with Crippen molar-refractivity contribution in [2.24, 2.45) is 16.2 Å². The molecule has 0 N–H and O–H groups in total. The molecule has 1 fully saturated rings. The predicted octanol–water partition coefficient (Wildman–Crippen LogP) is 13.0. The zero-order valence-corrected chi connectivity index (χ0v) is 29.0. The first-order valence-electron chi connectivity index (χ1n) is 18.3. The van der Waals surface area contributed by atoms with E-state index >= 15 is 0 Å². The van der Waals surface area contributed by atoms with E-state index in [0.717, 1.165) is 52.8 Å². The second kappa shape index (κ2) is 12.3. The monoisotopic (exact) mass is 608 g/mol. The molecule has 236 valence electrons. The van der Waals surface area contributed by atoms with E-state index in [1.807, 2.05) is 26.8 Å². The lowest BCUT2D eigenvalue weighted by Gasteiger charge is -2.45. The Hall–Kier alpha value is -3.97. The molecule has 0 bridgehead atoms. The van der Waals surface area contributed by atoms with E-state index in [4.69, 9.17) is 2.74 Å². The van der Waals surface area contributed by atoms with Crippen LogP contribution in [0.1, 0.15) is 94.4 Å². The Balaban J connectivity index is 1.20. The predicted molar refractivity (Wildman–Crippen MR) is 198 cm³/mol. The molecule has 0 amide bonds. The molecule has 1 nitrogen and oxygen atoms in total. The van der Waals surface area contributed by atoms with Gasteiger partial charge in [-0.2, -0.15) is 0 Å². The molecule has 1 heteroatoms. The van der Waals surface area contributed by atoms with Crippen LogP contribution in [0.15, 0.2) is 109 Å². The molecule has 5 aromatic rings. The number of pyridine rings is 1. The third-order valence-corrected chi connectivity index (χ3v) is 9.19. The minimum Gasteiger partial charge on any atom is -0.256 e. The maximum atomic E-state index is 9.43. The molecule has 1 aliphatic carbocycles. The van der Waals surface area contributed by atoms with Crippen LogP contribution in [-0.2, 0) is 6.37 Å². The summed E-state index contributed by atoms with van der Waals surface area (Å²) in [5, 5.41) is 0. The van der Waals surface area contributed by atoms with Crippen LogP contribution in [0.4, 0.5) is 0 Å². The van der Waals surface area contributed by atoms with Gasteiger partial charge < -0.3 is 0 Å². The molecule has 0 saturated heterocycles. The number of benzene rings is 4. The minimum atomic E-state index is -1.48. The first-order chi connectivity index (χ1) is 22.9. The molecule has 1 aromatic heterocycles. The molecule has 1 aliphatic rings. The zero-order chi connectivity index (χ0) is 35.4. The Bertz CT molecular complexity index is 1930. The maximum absolute atomic E-state index is 9.43. The molecule has 1 heterocycles. The second-order valence-electron chi connectivity index (χ2n) is 16.0. The Kier molecular flexibility index (Phi) is 7.58. The van der Waals surface area contributed by atoms with Gasteiger partial charge in [0, 0.05) is 15.9 Å². The number of aryl methyl sites for hydroxylation is 1. The molecule has 46 heavy (non-hydrogen) atoms. The fourth-order valence-electron chi connectivity index (χ4n) is 7.63. The lowest BCUT2D eigenvalue weighted by Crippen LogP contribution is -2.32. The van der Waals surface area contributed by atoms with Gasteiger partial charge in [-0.05, 0) is 123 Å². The smallest absolute Gasteiger partial charge is 0.0704 e. The van der Waals surface area contributed by atoms with E-state index in [2.05, 4.69) is 131 Å². The van der Waals surface area contributed by atoms with Crippen LogP contribution < -0.4 is 0 Å². The van der Waals surface area contributed by atoms with Crippen molar-refractivity contribution in [3.8, 4) is 44.6 Å². The van der Waals surface area contributed by atoms with Crippen molar-refractivity contribution in [1.29, 1.82) is 0 Å². The van der Waals surface area contributed by atoms with E-state index in [-0.39, 0.29) is 10.8 Å². The zero-order valence-electron chi connectivity index (χ0n) is 32.0. The van der Waals surface area contributed by atoms with Crippen LogP contribution in [-0.4, -0.2) is 4.98 Å². The molecule has 0 aliphatic heterocycles. The largest absolute Gasteiger partial charge is 0.256 e. The molecule has 6 rings (SSSR count). The van der Waals surface area contributed by atoms with Crippen molar-refractivity contribution in [2.45, 2.75) is 86.9 Å². The summed E-state index contributed by atoms with van der Waals surface area (Å²) in [7, 11) is 0. The van der Waals surface area contributed by atoms with Gasteiger partial charge in [0.25, 0.3) is 0 Å². The Labute approximate surface area is 282 Å². The fourth-order valence-corrected chi connectivity index (χ4v) is 7.63. The summed E-state index contributed by atoms with van der Waals surface area (Å²) in [4.78, 5) is 4.62. The first-order valence-corrected chi connectivity index (χ1v) is 16.8. The molecule has 0 radical (unpaired) electrons. The number of hydrogen-bond donors (Lipinski definition) is 0. The van der Waals surface area contributed by atoms with Crippen LogP contribution in [0.5, 0.6) is 0 Å². The Morgan fingerprint density at radius 2 is 1.15 bits per heavy atom. The van der Waals surface area contributed by atoms with E-state index in [9.17, 15) is 1.37 Å². The van der Waals surface area contributed by atoms with Gasteiger partial charge in [0.2, 0.25) is 0 Å². The molecule has 1 saturated carbocycles. The quantitative estimate of drug-likeness (QED) is 0.187. The van der Waals surface area contributed by atoms with E-state index in [1.54, 1.807) is 12.3 Å². The topological polar surface area (TPSA) is 12.9 Å². The molecule has 0 atom stereocenters. The SMILES string of the molecule is [2H]C1(c2ccc(-c3ccc(-c4ccc(-c5cc(-c6cc(C([2H])([2H])C(C)(C)C)ccn6)ccc5C)cc4)cc3)cc2)CC(C)(C)CC(C)(C)C1. The van der Waals surface area contributed by atoms with Gasteiger partial charge in [0.15, 0.2) is 0 Å². The summed E-state index contributed by atoms with van der Waals surface area (Å²) < 4.78 is 26.9. The van der Waals surface area contributed by atoms with Crippen molar-refractivity contribution in [2.75, 3.05) is 0 Å². The van der Waals surface area contributed by atoms with E-state index in [0.29, 0.717) is 5.56 Å². The van der Waals surface area contributed by atoms with Gasteiger partial charge in [-0.15, -0.1) is 0 Å². The standard InChI is InChI=1S/C45H51N/c1-31-9-10-39(42-25-32(23-24-46-42)27-43(2,3)4)26-41(31)38-21-19-36(20-22-38)34-13-11-33(12-14-34)35-15-17-37(18-16-35)40-28-44(5,6)30-45(7,8)29-40/h9-26,40H,27-30H2,1-8H3/i27D2,40D. The summed E-state index contributed by atoms with van der Waals surface area (Å²) >= 11 is 0. The highest BCUT2D eigenvalue weighted by atomic mass is 14.7. The highest BCUT2D eigenvalue weighted by molar-refractivity contribution is 5.77. The maximum Gasteiger partial charge on any atom is 0.0704 e. The Morgan fingerprint density at radius 1 is 0.674 bits per heavy atom. The average molecular weight is 609 g/mol. The van der Waals surface area contributed by atoms with Crippen molar-refractivity contribution in [1.82, 2.24) is 4.98 Å². The van der Waals surface area contributed by atoms with Crippen LogP contribution in [0.2, 0.25) is 0 Å². The number of rotatable bonds is 6. The third kappa shape index (κ3) is 7.52. The van der Waals surface area contributed by atoms with Crippen molar-refractivity contribution in [3.63, 3.8) is 0 Å². The van der Waals surface area contributed by atoms with E-state index < -0.39 is 17.7 Å². The van der Waals surface area contributed by atoms with Gasteiger partial charge in [-0.3, -0.25) is 4.98 Å². The molecular weight excluding hydrogens is 555 g/mol. The summed E-state index contributed by atoms with van der Waals surface area (Å²) in [6.07, 6.45) is 3.18. The van der Waals surface area contributed by atoms with Crippen molar-refractivity contribution in [3.05, 3.63) is 126 Å². The summed E-state index contributed by atoms with van der Waals surface area (Å²) in [6, 6.07) is 36.3. The van der Waals surface area contributed by atoms with Gasteiger partial charge >= 0.3 is 0 Å². The highest BCUT2D eigenvalue weighted by Gasteiger charge is 2.38. The summed E-state index contributed by atoms with van der Waals surface area (Å²) in [6.45, 7) is 17.2. The normalized spacial score (nSPS) is 18.3. The van der Waals surface area contributed by atoms with Crippen LogP contribution in [0, 0.1) is 23.2 Å². The lowest BCUT2D eigenvalue weighted by atomic mass is 9.60. The number of hydrogen-bond acceptors (Lipinski definition) is 1. The van der Waals surface area contributed by atoms with Gasteiger partial charge in [-0.25, -0.2) is 0 Å². The fraction of sp³-hybridized carbons (Fsp3) is 0.356. The Morgan fingerprint density at radius 3 is 1.67 bits per heavy atom. The molecule has 0 spiro atoms. The minimum absolute atomic E-state index is 0.162. The lowest BCUT2D eigenvalue weighted by molar-refractivity contribution is 0.0969. The summed E-state index contributed by atoms with van der Waals surface area (Å²) in [5.41, 5.74) is 11.5. The summed E-state index contributed by atoms with van der Waals surface area (Å²) in [5.74, 6) is -0.550. The molecule has 4 aromatic carbocycles. The highest BCUT2D eigenvalue weighted by Crippen LogP contribution is 2.51. The van der Waals surface area contributed by atoms with Crippen LogP contribution in [0.3, 0.4) is 0 Å². The van der Waals surface area contributed by atoms with Crippen molar-refractivity contribution < 1.29 is 4.11 Å². The van der Waals surface area contributed by atoms with Crippen LogP contribution >= 0.6 is 0 Å². The van der Waals surface area contributed by atoms with Gasteiger partial charge in [0.05, 0.1) is 5.69 Å². The average Bonchev–Trinajstić information content (AvgIpc) is 3.03. The third-order valence-electron chi connectivity index (χ3n) is 9.19. The number of nitrogens with zero attached hydrogens (tertiary/aromatic N) is 1. The van der Waals surface area contributed by atoms with Crippen LogP contribution in [0.25, 0.3) is 44.6 Å².